The van der Waals surface area contributed by atoms with E-state index in [4.69, 9.17) is 5.73 Å². The highest BCUT2D eigenvalue weighted by Gasteiger charge is 2.35. The molecular weight excluding hydrogens is 210 g/mol. The van der Waals surface area contributed by atoms with Gasteiger partial charge in [0.25, 0.3) is 0 Å². The first-order chi connectivity index (χ1) is 6.89. The van der Waals surface area contributed by atoms with Crippen molar-refractivity contribution in [2.45, 2.75) is 25.1 Å². The average Bonchev–Trinajstić information content (AvgIpc) is 2.15. The Bertz CT molecular complexity index is 304. The lowest BCUT2D eigenvalue weighted by molar-refractivity contribution is -0.148. The number of hydrogen-bond acceptors (Lipinski definition) is 1. The van der Waals surface area contributed by atoms with E-state index in [0.29, 0.717) is 5.56 Å². The number of rotatable bonds is 3. The van der Waals surface area contributed by atoms with Crippen molar-refractivity contribution in [3.63, 3.8) is 0 Å². The molecule has 1 rings (SSSR count). The van der Waals surface area contributed by atoms with Crippen LogP contribution in [0.25, 0.3) is 0 Å². The molecule has 0 aliphatic carbocycles. The quantitative estimate of drug-likeness (QED) is 0.780. The Hall–Kier alpha value is -1.10. The van der Waals surface area contributed by atoms with Crippen LogP contribution in [0.15, 0.2) is 24.3 Å². The molecule has 0 fully saturated rings. The highest BCUT2D eigenvalue weighted by Crippen LogP contribution is 2.21. The molecular formula is C10H11F4N. The SMILES string of the molecule is N[C@@H](CCc1ccc(F)cc1)C(F)(F)F. The molecule has 0 aliphatic rings. The molecule has 0 saturated carbocycles. The van der Waals surface area contributed by atoms with Crippen molar-refractivity contribution in [2.24, 2.45) is 5.73 Å². The third kappa shape index (κ3) is 3.87. The van der Waals surface area contributed by atoms with Gasteiger partial charge in [-0.15, -0.1) is 0 Å². The number of nitrogens with two attached hydrogens (primary N) is 1. The van der Waals surface area contributed by atoms with E-state index in [0.717, 1.165) is 0 Å². The number of benzene rings is 1. The minimum absolute atomic E-state index is 0.185. The van der Waals surface area contributed by atoms with Gasteiger partial charge in [-0.1, -0.05) is 12.1 Å². The summed E-state index contributed by atoms with van der Waals surface area (Å²) in [5, 5.41) is 0. The van der Waals surface area contributed by atoms with Crippen LogP contribution in [-0.4, -0.2) is 12.2 Å². The summed E-state index contributed by atoms with van der Waals surface area (Å²) in [5.74, 6) is -0.404. The lowest BCUT2D eigenvalue weighted by Gasteiger charge is -2.14. The van der Waals surface area contributed by atoms with Gasteiger partial charge in [-0.25, -0.2) is 4.39 Å². The summed E-state index contributed by atoms with van der Waals surface area (Å²) in [6.07, 6.45) is -4.35. The molecule has 0 aliphatic heterocycles. The maximum Gasteiger partial charge on any atom is 0.403 e. The third-order valence-corrected chi connectivity index (χ3v) is 2.08. The van der Waals surface area contributed by atoms with E-state index in [9.17, 15) is 17.6 Å². The minimum atomic E-state index is -4.36. The number of halogens is 4. The van der Waals surface area contributed by atoms with E-state index in [-0.39, 0.29) is 12.8 Å². The Morgan fingerprint density at radius 3 is 2.13 bits per heavy atom. The predicted octanol–water partition coefficient (Wildman–Crippen LogP) is 2.65. The molecule has 0 radical (unpaired) electrons. The first-order valence-corrected chi connectivity index (χ1v) is 4.46. The highest BCUT2D eigenvalue weighted by atomic mass is 19.4. The molecule has 0 amide bonds. The molecule has 0 saturated heterocycles. The van der Waals surface area contributed by atoms with Crippen LogP contribution in [-0.2, 0) is 6.42 Å². The summed E-state index contributed by atoms with van der Waals surface area (Å²) in [6.45, 7) is 0. The molecule has 1 nitrogen and oxygen atoms in total. The molecule has 2 N–H and O–H groups in total. The normalized spacial score (nSPS) is 13.9. The molecule has 1 aromatic rings. The summed E-state index contributed by atoms with van der Waals surface area (Å²) < 4.78 is 48.6. The van der Waals surface area contributed by atoms with Gasteiger partial charge in [0.05, 0.1) is 0 Å². The van der Waals surface area contributed by atoms with Crippen molar-refractivity contribution >= 4 is 0 Å². The van der Waals surface area contributed by atoms with E-state index < -0.39 is 18.0 Å². The second-order valence-corrected chi connectivity index (χ2v) is 3.31. The molecule has 0 unspecified atom stereocenters. The van der Waals surface area contributed by atoms with Crippen molar-refractivity contribution in [3.05, 3.63) is 35.6 Å². The van der Waals surface area contributed by atoms with E-state index >= 15 is 0 Å². The van der Waals surface area contributed by atoms with Gasteiger partial charge in [0.2, 0.25) is 0 Å². The Labute approximate surface area is 84.9 Å². The molecule has 0 bridgehead atoms. The maximum atomic E-state index is 12.5. The lowest BCUT2D eigenvalue weighted by atomic mass is 10.1. The zero-order valence-corrected chi connectivity index (χ0v) is 7.89. The van der Waals surface area contributed by atoms with Gasteiger partial charge in [-0.3, -0.25) is 0 Å². The molecule has 84 valence electrons. The maximum absolute atomic E-state index is 12.5. The Kier molecular flexibility index (Phi) is 3.68. The molecule has 1 atom stereocenters. The smallest absolute Gasteiger partial charge is 0.320 e. The molecule has 0 aromatic heterocycles. The predicted molar refractivity (Wildman–Crippen MR) is 48.8 cm³/mol. The second kappa shape index (κ2) is 4.61. The van der Waals surface area contributed by atoms with Gasteiger partial charge in [0.15, 0.2) is 0 Å². The lowest BCUT2D eigenvalue weighted by Crippen LogP contribution is -2.37. The van der Waals surface area contributed by atoms with Crippen molar-refractivity contribution in [2.75, 3.05) is 0 Å². The number of hydrogen-bond donors (Lipinski definition) is 1. The van der Waals surface area contributed by atoms with E-state index in [1.54, 1.807) is 0 Å². The molecule has 0 spiro atoms. The summed E-state index contributed by atoms with van der Waals surface area (Å²) in [7, 11) is 0. The Balaban J connectivity index is 2.47. The van der Waals surface area contributed by atoms with Crippen LogP contribution in [0.2, 0.25) is 0 Å². The van der Waals surface area contributed by atoms with Crippen LogP contribution in [0, 0.1) is 5.82 Å². The summed E-state index contributed by atoms with van der Waals surface area (Å²) in [4.78, 5) is 0. The average molecular weight is 221 g/mol. The van der Waals surface area contributed by atoms with Crippen molar-refractivity contribution in [1.82, 2.24) is 0 Å². The summed E-state index contributed by atoms with van der Waals surface area (Å²) in [5.41, 5.74) is 5.58. The number of alkyl halides is 3. The monoisotopic (exact) mass is 221 g/mol. The van der Waals surface area contributed by atoms with Crippen LogP contribution in [0.3, 0.4) is 0 Å². The fourth-order valence-electron chi connectivity index (χ4n) is 1.14. The highest BCUT2D eigenvalue weighted by molar-refractivity contribution is 5.16. The van der Waals surface area contributed by atoms with Gasteiger partial charge in [-0.05, 0) is 30.5 Å². The van der Waals surface area contributed by atoms with Crippen LogP contribution >= 0.6 is 0 Å². The minimum Gasteiger partial charge on any atom is -0.320 e. The fraction of sp³-hybridized carbons (Fsp3) is 0.400. The van der Waals surface area contributed by atoms with Crippen LogP contribution in [0.4, 0.5) is 17.6 Å². The van der Waals surface area contributed by atoms with Crippen LogP contribution in [0.5, 0.6) is 0 Å². The van der Waals surface area contributed by atoms with E-state index in [1.165, 1.54) is 24.3 Å². The molecule has 0 heterocycles. The zero-order chi connectivity index (χ0) is 11.5. The van der Waals surface area contributed by atoms with E-state index in [1.807, 2.05) is 0 Å². The van der Waals surface area contributed by atoms with E-state index in [2.05, 4.69) is 0 Å². The van der Waals surface area contributed by atoms with Crippen molar-refractivity contribution < 1.29 is 17.6 Å². The second-order valence-electron chi connectivity index (χ2n) is 3.31. The fourth-order valence-corrected chi connectivity index (χ4v) is 1.14. The van der Waals surface area contributed by atoms with Gasteiger partial charge in [0.1, 0.15) is 11.9 Å². The Morgan fingerprint density at radius 2 is 1.67 bits per heavy atom. The third-order valence-electron chi connectivity index (χ3n) is 2.08. The first kappa shape index (κ1) is 12.0. The Morgan fingerprint density at radius 1 is 1.13 bits per heavy atom. The van der Waals surface area contributed by atoms with Crippen LogP contribution in [0.1, 0.15) is 12.0 Å². The topological polar surface area (TPSA) is 26.0 Å². The van der Waals surface area contributed by atoms with Gasteiger partial charge >= 0.3 is 6.18 Å². The molecule has 5 heteroatoms. The summed E-state index contributed by atoms with van der Waals surface area (Å²) in [6, 6.07) is 3.53. The van der Waals surface area contributed by atoms with Crippen LogP contribution < -0.4 is 5.73 Å². The number of aryl methyl sites for hydroxylation is 1. The van der Waals surface area contributed by atoms with Gasteiger partial charge in [-0.2, -0.15) is 13.2 Å². The largest absolute Gasteiger partial charge is 0.403 e. The van der Waals surface area contributed by atoms with Crippen molar-refractivity contribution in [1.29, 1.82) is 0 Å². The molecule has 15 heavy (non-hydrogen) atoms. The summed E-state index contributed by atoms with van der Waals surface area (Å²) >= 11 is 0. The van der Waals surface area contributed by atoms with Gasteiger partial charge in [0, 0.05) is 0 Å². The first-order valence-electron chi connectivity index (χ1n) is 4.46. The van der Waals surface area contributed by atoms with Crippen molar-refractivity contribution in [3.8, 4) is 0 Å². The standard InChI is InChI=1S/C10H11F4N/c11-8-4-1-7(2-5-8)3-6-9(15)10(12,13)14/h1-2,4-5,9H,3,6,15H2/t9-/m0/s1. The van der Waals surface area contributed by atoms with Gasteiger partial charge < -0.3 is 5.73 Å². The zero-order valence-electron chi connectivity index (χ0n) is 7.89. The molecule has 1 aromatic carbocycles.